The average molecular weight is 454 g/mol. The van der Waals surface area contributed by atoms with Gasteiger partial charge in [0.15, 0.2) is 6.29 Å². The SMILES string of the molecule is CO[C@H]1O[C@H](CI)[C@H](OCc2ccccc2)[C@H]1OCc1ccccc1. The standard InChI is InChI=1S/C20H23IO4/c1-22-20-19(24-14-16-10-6-3-7-11-16)18(17(12-21)25-20)23-13-15-8-4-2-5-9-15/h2-11,17-20H,12-14H2,1H3/t17-,18+,19-,20+/m1/s1. The van der Waals surface area contributed by atoms with E-state index < -0.39 is 6.29 Å². The lowest BCUT2D eigenvalue weighted by atomic mass is 10.1. The summed E-state index contributed by atoms with van der Waals surface area (Å²) >= 11 is 2.32. The highest BCUT2D eigenvalue weighted by Crippen LogP contribution is 2.30. The molecule has 1 fully saturated rings. The van der Waals surface area contributed by atoms with Crippen molar-refractivity contribution in [1.29, 1.82) is 0 Å². The Hall–Kier alpha value is -0.990. The van der Waals surface area contributed by atoms with Crippen LogP contribution in [0.1, 0.15) is 11.1 Å². The van der Waals surface area contributed by atoms with Crippen LogP contribution in [0.3, 0.4) is 0 Å². The minimum Gasteiger partial charge on any atom is -0.368 e. The summed E-state index contributed by atoms with van der Waals surface area (Å²) in [6, 6.07) is 20.3. The summed E-state index contributed by atoms with van der Waals surface area (Å²) in [5.74, 6) is 0. The largest absolute Gasteiger partial charge is 0.368 e. The first-order valence-electron chi connectivity index (χ1n) is 8.37. The molecule has 0 amide bonds. The zero-order valence-electron chi connectivity index (χ0n) is 14.2. The summed E-state index contributed by atoms with van der Waals surface area (Å²) in [6.07, 6.45) is -0.876. The lowest BCUT2D eigenvalue weighted by molar-refractivity contribution is -0.165. The van der Waals surface area contributed by atoms with Gasteiger partial charge in [0.2, 0.25) is 0 Å². The molecule has 1 saturated heterocycles. The number of rotatable bonds is 8. The molecule has 2 aromatic rings. The molecule has 0 N–H and O–H groups in total. The van der Waals surface area contributed by atoms with Crippen molar-refractivity contribution in [1.82, 2.24) is 0 Å². The van der Waals surface area contributed by atoms with Gasteiger partial charge in [0.05, 0.1) is 19.3 Å². The van der Waals surface area contributed by atoms with E-state index in [1.165, 1.54) is 0 Å². The van der Waals surface area contributed by atoms with Gasteiger partial charge in [0.1, 0.15) is 12.2 Å². The van der Waals surface area contributed by atoms with Crippen molar-refractivity contribution in [3.05, 3.63) is 71.8 Å². The molecule has 134 valence electrons. The Morgan fingerprint density at radius 1 is 0.840 bits per heavy atom. The van der Waals surface area contributed by atoms with E-state index in [4.69, 9.17) is 18.9 Å². The molecule has 3 rings (SSSR count). The third-order valence-corrected chi connectivity index (χ3v) is 5.09. The van der Waals surface area contributed by atoms with E-state index in [1.807, 2.05) is 48.5 Å². The molecule has 1 aliphatic heterocycles. The van der Waals surface area contributed by atoms with Crippen LogP contribution in [0, 0.1) is 0 Å². The number of alkyl halides is 1. The van der Waals surface area contributed by atoms with Crippen LogP contribution in [-0.4, -0.2) is 36.1 Å². The maximum Gasteiger partial charge on any atom is 0.186 e. The smallest absolute Gasteiger partial charge is 0.186 e. The highest BCUT2D eigenvalue weighted by atomic mass is 127. The predicted molar refractivity (Wildman–Crippen MR) is 105 cm³/mol. The van der Waals surface area contributed by atoms with Gasteiger partial charge in [-0.15, -0.1) is 0 Å². The lowest BCUT2D eigenvalue weighted by Gasteiger charge is -2.24. The second-order valence-corrected chi connectivity index (χ2v) is 6.84. The number of ether oxygens (including phenoxy) is 4. The zero-order valence-corrected chi connectivity index (χ0v) is 16.4. The van der Waals surface area contributed by atoms with E-state index in [1.54, 1.807) is 7.11 Å². The number of hydrogen-bond acceptors (Lipinski definition) is 4. The maximum atomic E-state index is 6.19. The molecule has 4 atom stereocenters. The minimum absolute atomic E-state index is 0.0463. The summed E-state index contributed by atoms with van der Waals surface area (Å²) in [5, 5.41) is 0. The molecule has 0 radical (unpaired) electrons. The van der Waals surface area contributed by atoms with Crippen molar-refractivity contribution < 1.29 is 18.9 Å². The van der Waals surface area contributed by atoms with Crippen molar-refractivity contribution in [2.75, 3.05) is 11.5 Å². The maximum absolute atomic E-state index is 6.19. The van der Waals surface area contributed by atoms with Crippen LogP contribution in [0.25, 0.3) is 0 Å². The van der Waals surface area contributed by atoms with Crippen LogP contribution in [0.15, 0.2) is 60.7 Å². The van der Waals surface area contributed by atoms with Gasteiger partial charge in [-0.1, -0.05) is 83.3 Å². The molecule has 0 saturated carbocycles. The van der Waals surface area contributed by atoms with Crippen LogP contribution in [0.2, 0.25) is 0 Å². The van der Waals surface area contributed by atoms with Crippen molar-refractivity contribution in [3.8, 4) is 0 Å². The molecule has 25 heavy (non-hydrogen) atoms. The van der Waals surface area contributed by atoms with Crippen molar-refractivity contribution in [3.63, 3.8) is 0 Å². The predicted octanol–water partition coefficient (Wildman–Crippen LogP) is 3.96. The summed E-state index contributed by atoms with van der Waals surface area (Å²) in [5.41, 5.74) is 2.26. The fourth-order valence-corrected chi connectivity index (χ4v) is 3.63. The normalized spacial score (nSPS) is 26.0. The molecule has 5 heteroatoms. The third kappa shape index (κ3) is 5.01. The van der Waals surface area contributed by atoms with E-state index >= 15 is 0 Å². The highest BCUT2D eigenvalue weighted by Gasteiger charge is 2.46. The van der Waals surface area contributed by atoms with Crippen molar-refractivity contribution >= 4 is 22.6 Å². The van der Waals surface area contributed by atoms with Gasteiger partial charge in [0, 0.05) is 11.5 Å². The van der Waals surface area contributed by atoms with Crippen molar-refractivity contribution in [2.24, 2.45) is 0 Å². The van der Waals surface area contributed by atoms with E-state index in [0.717, 1.165) is 15.6 Å². The quantitative estimate of drug-likeness (QED) is 0.447. The molecule has 0 bridgehead atoms. The summed E-state index contributed by atoms with van der Waals surface area (Å²) in [4.78, 5) is 0. The molecular weight excluding hydrogens is 431 g/mol. The topological polar surface area (TPSA) is 36.9 Å². The minimum atomic E-state index is -0.413. The lowest BCUT2D eigenvalue weighted by Crippen LogP contribution is -2.38. The third-order valence-electron chi connectivity index (χ3n) is 4.22. The Bertz CT molecular complexity index is 567. The van der Waals surface area contributed by atoms with Crippen LogP contribution >= 0.6 is 22.6 Å². The molecule has 1 aliphatic rings. The van der Waals surface area contributed by atoms with Gasteiger partial charge in [-0.3, -0.25) is 0 Å². The Kier molecular flexibility index (Phi) is 7.24. The van der Waals surface area contributed by atoms with Crippen LogP contribution in [0.4, 0.5) is 0 Å². The molecule has 4 nitrogen and oxygen atoms in total. The summed E-state index contributed by atoms with van der Waals surface area (Å²) in [6.45, 7) is 1.04. The second kappa shape index (κ2) is 9.64. The summed E-state index contributed by atoms with van der Waals surface area (Å²) < 4.78 is 24.6. The summed E-state index contributed by atoms with van der Waals surface area (Å²) in [7, 11) is 1.65. The molecule has 0 aliphatic carbocycles. The van der Waals surface area contributed by atoms with Gasteiger partial charge in [-0.05, 0) is 11.1 Å². The van der Waals surface area contributed by atoms with E-state index in [0.29, 0.717) is 13.2 Å². The number of methoxy groups -OCH3 is 1. The number of halogens is 1. The van der Waals surface area contributed by atoms with Gasteiger partial charge in [-0.2, -0.15) is 0 Å². The molecule has 1 heterocycles. The van der Waals surface area contributed by atoms with E-state index in [2.05, 4.69) is 34.7 Å². The number of hydrogen-bond donors (Lipinski definition) is 0. The van der Waals surface area contributed by atoms with Gasteiger partial charge >= 0.3 is 0 Å². The average Bonchev–Trinajstić information content (AvgIpc) is 3.03. The molecule has 0 spiro atoms. The fourth-order valence-electron chi connectivity index (χ4n) is 2.92. The number of benzene rings is 2. The Balaban J connectivity index is 1.66. The van der Waals surface area contributed by atoms with Gasteiger partial charge in [-0.25, -0.2) is 0 Å². The molecule has 0 aromatic heterocycles. The first-order chi connectivity index (χ1) is 12.3. The molecule has 0 unspecified atom stereocenters. The first-order valence-corrected chi connectivity index (χ1v) is 9.89. The first kappa shape index (κ1) is 18.8. The second-order valence-electron chi connectivity index (χ2n) is 5.96. The van der Waals surface area contributed by atoms with Gasteiger partial charge in [0.25, 0.3) is 0 Å². The Labute approximate surface area is 162 Å². The molecule has 2 aromatic carbocycles. The van der Waals surface area contributed by atoms with Gasteiger partial charge < -0.3 is 18.9 Å². The van der Waals surface area contributed by atoms with Crippen LogP contribution in [-0.2, 0) is 32.2 Å². The Morgan fingerprint density at radius 2 is 1.36 bits per heavy atom. The zero-order chi connectivity index (χ0) is 17.5. The van der Waals surface area contributed by atoms with Crippen LogP contribution < -0.4 is 0 Å². The van der Waals surface area contributed by atoms with E-state index in [-0.39, 0.29) is 18.3 Å². The fraction of sp³-hybridized carbons (Fsp3) is 0.400. The highest BCUT2D eigenvalue weighted by molar-refractivity contribution is 14.1. The van der Waals surface area contributed by atoms with E-state index in [9.17, 15) is 0 Å². The Morgan fingerprint density at radius 3 is 1.84 bits per heavy atom. The van der Waals surface area contributed by atoms with Crippen LogP contribution in [0.5, 0.6) is 0 Å². The van der Waals surface area contributed by atoms with Crippen molar-refractivity contribution in [2.45, 2.75) is 37.8 Å². The molecular formula is C20H23IO4. The monoisotopic (exact) mass is 454 g/mol.